The Morgan fingerprint density at radius 2 is 1.84 bits per heavy atom. The van der Waals surface area contributed by atoms with E-state index in [1.54, 1.807) is 12.1 Å². The molecule has 3 rings (SSSR count). The molecule has 0 bridgehead atoms. The SMILES string of the molecule is NCCCC(N)Cc1ncccc1C1(c2ccc(F)cc2)CCCC1. The van der Waals surface area contributed by atoms with Crippen LogP contribution in [0.5, 0.6) is 0 Å². The van der Waals surface area contributed by atoms with Crippen LogP contribution in [0.3, 0.4) is 0 Å². The minimum absolute atomic E-state index is 0.0646. The molecule has 0 amide bonds. The van der Waals surface area contributed by atoms with Gasteiger partial charge in [-0.05, 0) is 61.6 Å². The molecule has 1 aliphatic carbocycles. The van der Waals surface area contributed by atoms with Crippen molar-refractivity contribution in [2.45, 2.75) is 56.4 Å². The Morgan fingerprint density at radius 3 is 2.52 bits per heavy atom. The molecule has 1 unspecified atom stereocenters. The van der Waals surface area contributed by atoms with Gasteiger partial charge in [-0.3, -0.25) is 4.98 Å². The van der Waals surface area contributed by atoms with Crippen molar-refractivity contribution in [3.63, 3.8) is 0 Å². The third-order valence-electron chi connectivity index (χ3n) is 5.49. The number of hydrogen-bond donors (Lipinski definition) is 2. The lowest BCUT2D eigenvalue weighted by Gasteiger charge is -2.32. The van der Waals surface area contributed by atoms with Crippen molar-refractivity contribution in [2.75, 3.05) is 6.54 Å². The zero-order chi connectivity index (χ0) is 17.7. The molecule has 1 aliphatic rings. The highest BCUT2D eigenvalue weighted by atomic mass is 19.1. The Morgan fingerprint density at radius 1 is 1.12 bits per heavy atom. The lowest BCUT2D eigenvalue weighted by atomic mass is 9.72. The smallest absolute Gasteiger partial charge is 0.123 e. The molecule has 1 fully saturated rings. The van der Waals surface area contributed by atoms with E-state index in [2.05, 4.69) is 11.1 Å². The average molecular weight is 341 g/mol. The van der Waals surface area contributed by atoms with E-state index in [1.807, 2.05) is 24.4 Å². The molecule has 1 atom stereocenters. The quantitative estimate of drug-likeness (QED) is 0.807. The summed E-state index contributed by atoms with van der Waals surface area (Å²) in [5.41, 5.74) is 15.4. The van der Waals surface area contributed by atoms with Gasteiger partial charge in [0.2, 0.25) is 0 Å². The summed E-state index contributed by atoms with van der Waals surface area (Å²) in [5.74, 6) is -0.188. The fraction of sp³-hybridized carbons (Fsp3) is 0.476. The number of rotatable bonds is 7. The van der Waals surface area contributed by atoms with E-state index in [0.29, 0.717) is 6.54 Å². The summed E-state index contributed by atoms with van der Waals surface area (Å²) in [6.07, 6.45) is 8.99. The molecule has 2 aromatic rings. The van der Waals surface area contributed by atoms with Gasteiger partial charge in [-0.25, -0.2) is 4.39 Å². The van der Waals surface area contributed by atoms with E-state index in [0.717, 1.165) is 37.8 Å². The normalized spacial score (nSPS) is 17.6. The Kier molecular flexibility index (Phi) is 5.82. The van der Waals surface area contributed by atoms with Gasteiger partial charge < -0.3 is 11.5 Å². The monoisotopic (exact) mass is 341 g/mol. The molecule has 134 valence electrons. The molecule has 0 aliphatic heterocycles. The highest BCUT2D eigenvalue weighted by Gasteiger charge is 2.39. The standard InChI is InChI=1S/C21H28FN3/c22-17-9-7-16(8-10-17)21(11-1-2-12-21)19-6-4-14-25-20(19)15-18(24)5-3-13-23/h4,6-10,14,18H,1-3,5,11-13,15,23-24H2. The van der Waals surface area contributed by atoms with Crippen molar-refractivity contribution in [1.82, 2.24) is 4.98 Å². The molecule has 25 heavy (non-hydrogen) atoms. The lowest BCUT2D eigenvalue weighted by molar-refractivity contribution is 0.512. The molecule has 0 saturated heterocycles. The third-order valence-corrected chi connectivity index (χ3v) is 5.49. The van der Waals surface area contributed by atoms with Gasteiger partial charge in [0.25, 0.3) is 0 Å². The minimum atomic E-state index is -0.188. The number of halogens is 1. The van der Waals surface area contributed by atoms with Crippen LogP contribution in [0.25, 0.3) is 0 Å². The molecule has 4 N–H and O–H groups in total. The number of aromatic nitrogens is 1. The first-order valence-electron chi connectivity index (χ1n) is 9.32. The maximum absolute atomic E-state index is 13.4. The third kappa shape index (κ3) is 3.91. The second-order valence-corrected chi connectivity index (χ2v) is 7.19. The zero-order valence-electron chi connectivity index (χ0n) is 14.8. The predicted molar refractivity (Wildman–Crippen MR) is 99.9 cm³/mol. The first kappa shape index (κ1) is 18.0. The van der Waals surface area contributed by atoms with E-state index in [1.165, 1.54) is 24.0 Å². The number of benzene rings is 1. The summed E-state index contributed by atoms with van der Waals surface area (Å²) in [6, 6.07) is 11.3. The van der Waals surface area contributed by atoms with Crippen LogP contribution in [0.1, 0.15) is 55.3 Å². The minimum Gasteiger partial charge on any atom is -0.330 e. The average Bonchev–Trinajstić information content (AvgIpc) is 3.12. The van der Waals surface area contributed by atoms with Crippen molar-refractivity contribution in [1.29, 1.82) is 0 Å². The summed E-state index contributed by atoms with van der Waals surface area (Å²) in [7, 11) is 0. The largest absolute Gasteiger partial charge is 0.330 e. The van der Waals surface area contributed by atoms with Gasteiger partial charge in [-0.1, -0.05) is 31.0 Å². The van der Waals surface area contributed by atoms with Crippen molar-refractivity contribution >= 4 is 0 Å². The van der Waals surface area contributed by atoms with E-state index in [-0.39, 0.29) is 17.3 Å². The number of hydrogen-bond acceptors (Lipinski definition) is 3. The van der Waals surface area contributed by atoms with Crippen LogP contribution < -0.4 is 11.5 Å². The van der Waals surface area contributed by atoms with Crippen LogP contribution in [0.4, 0.5) is 4.39 Å². The Labute approximate surface area is 149 Å². The van der Waals surface area contributed by atoms with Crippen LogP contribution in [0.2, 0.25) is 0 Å². The fourth-order valence-electron chi connectivity index (χ4n) is 4.23. The van der Waals surface area contributed by atoms with Gasteiger partial charge in [-0.15, -0.1) is 0 Å². The zero-order valence-corrected chi connectivity index (χ0v) is 14.8. The van der Waals surface area contributed by atoms with Crippen molar-refractivity contribution < 1.29 is 4.39 Å². The lowest BCUT2D eigenvalue weighted by Crippen LogP contribution is -2.30. The number of nitrogens with zero attached hydrogens (tertiary/aromatic N) is 1. The van der Waals surface area contributed by atoms with Gasteiger partial charge in [0.1, 0.15) is 5.82 Å². The topological polar surface area (TPSA) is 64.9 Å². The van der Waals surface area contributed by atoms with Gasteiger partial charge >= 0.3 is 0 Å². The first-order valence-corrected chi connectivity index (χ1v) is 9.32. The predicted octanol–water partition coefficient (Wildman–Crippen LogP) is 3.69. The highest BCUT2D eigenvalue weighted by Crippen LogP contribution is 2.47. The Balaban J connectivity index is 1.96. The molecule has 1 aromatic carbocycles. The second kappa shape index (κ2) is 8.07. The van der Waals surface area contributed by atoms with Crippen LogP contribution in [-0.2, 0) is 11.8 Å². The summed E-state index contributed by atoms with van der Waals surface area (Å²) in [5, 5.41) is 0. The molecule has 0 spiro atoms. The van der Waals surface area contributed by atoms with E-state index in [4.69, 9.17) is 11.5 Å². The first-order chi connectivity index (χ1) is 12.2. The van der Waals surface area contributed by atoms with Crippen LogP contribution in [-0.4, -0.2) is 17.6 Å². The van der Waals surface area contributed by atoms with Gasteiger partial charge in [-0.2, -0.15) is 0 Å². The van der Waals surface area contributed by atoms with Crippen molar-refractivity contribution in [3.05, 3.63) is 65.2 Å². The maximum atomic E-state index is 13.4. The Bertz CT molecular complexity index is 678. The molecular weight excluding hydrogens is 313 g/mol. The maximum Gasteiger partial charge on any atom is 0.123 e. The van der Waals surface area contributed by atoms with Gasteiger partial charge in [0, 0.05) is 29.8 Å². The molecular formula is C21H28FN3. The number of pyridine rings is 1. The molecule has 4 heteroatoms. The van der Waals surface area contributed by atoms with Crippen LogP contribution >= 0.6 is 0 Å². The molecule has 1 aromatic heterocycles. The van der Waals surface area contributed by atoms with Gasteiger partial charge in [0.05, 0.1) is 0 Å². The number of nitrogens with two attached hydrogens (primary N) is 2. The van der Waals surface area contributed by atoms with E-state index >= 15 is 0 Å². The summed E-state index contributed by atoms with van der Waals surface area (Å²) < 4.78 is 13.4. The fourth-order valence-corrected chi connectivity index (χ4v) is 4.23. The highest BCUT2D eigenvalue weighted by molar-refractivity contribution is 5.42. The Hall–Kier alpha value is -1.78. The van der Waals surface area contributed by atoms with Crippen LogP contribution in [0, 0.1) is 5.82 Å². The summed E-state index contributed by atoms with van der Waals surface area (Å²) in [4.78, 5) is 4.67. The van der Waals surface area contributed by atoms with Crippen LogP contribution in [0.15, 0.2) is 42.6 Å². The summed E-state index contributed by atoms with van der Waals surface area (Å²) >= 11 is 0. The molecule has 3 nitrogen and oxygen atoms in total. The molecule has 1 heterocycles. The molecule has 1 saturated carbocycles. The second-order valence-electron chi connectivity index (χ2n) is 7.19. The van der Waals surface area contributed by atoms with Gasteiger partial charge in [0.15, 0.2) is 0 Å². The van der Waals surface area contributed by atoms with Crippen molar-refractivity contribution in [2.24, 2.45) is 11.5 Å². The van der Waals surface area contributed by atoms with E-state index < -0.39 is 0 Å². The molecule has 0 radical (unpaired) electrons. The summed E-state index contributed by atoms with van der Waals surface area (Å²) in [6.45, 7) is 0.669. The van der Waals surface area contributed by atoms with E-state index in [9.17, 15) is 4.39 Å². The van der Waals surface area contributed by atoms with Crippen molar-refractivity contribution in [3.8, 4) is 0 Å².